The van der Waals surface area contributed by atoms with Crippen LogP contribution in [0, 0.1) is 12.3 Å². The number of terminal acetylenes is 1. The lowest BCUT2D eigenvalue weighted by Gasteiger charge is -2.08. The lowest BCUT2D eigenvalue weighted by atomic mass is 9.97. The molecule has 0 radical (unpaired) electrons. The predicted molar refractivity (Wildman–Crippen MR) is 54.6 cm³/mol. The molecule has 0 saturated carbocycles. The van der Waals surface area contributed by atoms with Crippen LogP contribution in [0.1, 0.15) is 23.5 Å². The van der Waals surface area contributed by atoms with Crippen molar-refractivity contribution in [1.82, 2.24) is 5.32 Å². The van der Waals surface area contributed by atoms with Crippen LogP contribution in [-0.4, -0.2) is 13.1 Å². The summed E-state index contributed by atoms with van der Waals surface area (Å²) in [7, 11) is 0. The maximum atomic E-state index is 5.35. The van der Waals surface area contributed by atoms with Crippen LogP contribution in [0.15, 0.2) is 24.3 Å². The summed E-state index contributed by atoms with van der Waals surface area (Å²) in [5, 5.41) is 3.36. The highest BCUT2D eigenvalue weighted by Gasteiger charge is 2.15. The van der Waals surface area contributed by atoms with Crippen LogP contribution in [0.4, 0.5) is 0 Å². The van der Waals surface area contributed by atoms with Gasteiger partial charge in [-0.15, -0.1) is 6.42 Å². The minimum Gasteiger partial charge on any atom is -0.316 e. The smallest absolute Gasteiger partial charge is 0.0245 e. The zero-order valence-electron chi connectivity index (χ0n) is 7.59. The first-order valence-electron chi connectivity index (χ1n) is 4.67. The maximum Gasteiger partial charge on any atom is 0.0245 e. The highest BCUT2D eigenvalue weighted by Crippen LogP contribution is 2.22. The Morgan fingerprint density at radius 2 is 2.38 bits per heavy atom. The van der Waals surface area contributed by atoms with E-state index in [0.29, 0.717) is 5.92 Å². The predicted octanol–water partition coefficient (Wildman–Crippen LogP) is 1.74. The van der Waals surface area contributed by atoms with Gasteiger partial charge in [0.05, 0.1) is 0 Å². The molecule has 1 atom stereocenters. The molecule has 1 saturated heterocycles. The Kier molecular flexibility index (Phi) is 2.33. The summed E-state index contributed by atoms with van der Waals surface area (Å²) in [6, 6.07) is 8.31. The summed E-state index contributed by atoms with van der Waals surface area (Å²) in [5.74, 6) is 3.33. The molecule has 1 nitrogen and oxygen atoms in total. The van der Waals surface area contributed by atoms with Gasteiger partial charge in [0.15, 0.2) is 0 Å². The molecule has 1 aromatic carbocycles. The van der Waals surface area contributed by atoms with Crippen LogP contribution in [-0.2, 0) is 0 Å². The molecular formula is C12H13N. The molecule has 1 aliphatic rings. The standard InChI is InChI=1S/C12H13N/c1-2-10-4-3-5-11(8-10)12-6-7-13-9-12/h1,3-5,8,12-13H,6-7,9H2. The first kappa shape index (κ1) is 8.34. The largest absolute Gasteiger partial charge is 0.316 e. The number of benzene rings is 1. The molecule has 1 fully saturated rings. The highest BCUT2D eigenvalue weighted by atomic mass is 14.9. The van der Waals surface area contributed by atoms with Crippen molar-refractivity contribution in [2.45, 2.75) is 12.3 Å². The monoisotopic (exact) mass is 171 g/mol. The van der Waals surface area contributed by atoms with Gasteiger partial charge in [0, 0.05) is 12.1 Å². The molecule has 1 aliphatic heterocycles. The summed E-state index contributed by atoms with van der Waals surface area (Å²) < 4.78 is 0. The minimum absolute atomic E-state index is 0.660. The van der Waals surface area contributed by atoms with Crippen LogP contribution < -0.4 is 5.32 Å². The molecule has 66 valence electrons. The molecule has 1 heteroatoms. The third-order valence-electron chi connectivity index (χ3n) is 2.59. The number of hydrogen-bond acceptors (Lipinski definition) is 1. The van der Waals surface area contributed by atoms with Crippen molar-refractivity contribution >= 4 is 0 Å². The Bertz CT molecular complexity index is 329. The van der Waals surface area contributed by atoms with Gasteiger partial charge in [-0.2, -0.15) is 0 Å². The highest BCUT2D eigenvalue weighted by molar-refractivity contribution is 5.37. The van der Waals surface area contributed by atoms with Gasteiger partial charge >= 0.3 is 0 Å². The average molecular weight is 171 g/mol. The second-order valence-corrected chi connectivity index (χ2v) is 3.46. The van der Waals surface area contributed by atoms with Crippen molar-refractivity contribution in [3.05, 3.63) is 35.4 Å². The van der Waals surface area contributed by atoms with Crippen LogP contribution in [0.5, 0.6) is 0 Å². The van der Waals surface area contributed by atoms with E-state index in [-0.39, 0.29) is 0 Å². The Morgan fingerprint density at radius 1 is 1.46 bits per heavy atom. The van der Waals surface area contributed by atoms with Crippen molar-refractivity contribution in [3.8, 4) is 12.3 Å². The molecule has 0 bridgehead atoms. The summed E-state index contributed by atoms with van der Waals surface area (Å²) in [6.45, 7) is 2.22. The summed E-state index contributed by atoms with van der Waals surface area (Å²) in [4.78, 5) is 0. The quantitative estimate of drug-likeness (QED) is 0.635. The van der Waals surface area contributed by atoms with E-state index in [2.05, 4.69) is 23.4 Å². The lowest BCUT2D eigenvalue weighted by molar-refractivity contribution is 0.763. The second-order valence-electron chi connectivity index (χ2n) is 3.46. The first-order valence-corrected chi connectivity index (χ1v) is 4.67. The van der Waals surface area contributed by atoms with Crippen LogP contribution in [0.3, 0.4) is 0 Å². The molecule has 1 unspecified atom stereocenters. The van der Waals surface area contributed by atoms with Gasteiger partial charge < -0.3 is 5.32 Å². The fourth-order valence-corrected chi connectivity index (χ4v) is 1.82. The number of hydrogen-bond donors (Lipinski definition) is 1. The van der Waals surface area contributed by atoms with Crippen LogP contribution in [0.25, 0.3) is 0 Å². The van der Waals surface area contributed by atoms with Gasteiger partial charge in [-0.05, 0) is 36.6 Å². The first-order chi connectivity index (χ1) is 6.40. The average Bonchev–Trinajstić information content (AvgIpc) is 2.71. The third kappa shape index (κ3) is 1.74. The minimum atomic E-state index is 0.660. The fraction of sp³-hybridized carbons (Fsp3) is 0.333. The van der Waals surface area contributed by atoms with E-state index in [0.717, 1.165) is 18.7 Å². The zero-order chi connectivity index (χ0) is 9.10. The van der Waals surface area contributed by atoms with Gasteiger partial charge in [0.25, 0.3) is 0 Å². The van der Waals surface area contributed by atoms with Crippen molar-refractivity contribution in [1.29, 1.82) is 0 Å². The fourth-order valence-electron chi connectivity index (χ4n) is 1.82. The van der Waals surface area contributed by atoms with E-state index >= 15 is 0 Å². The van der Waals surface area contributed by atoms with Crippen molar-refractivity contribution in [2.75, 3.05) is 13.1 Å². The van der Waals surface area contributed by atoms with Crippen LogP contribution >= 0.6 is 0 Å². The number of rotatable bonds is 1. The van der Waals surface area contributed by atoms with E-state index in [1.807, 2.05) is 12.1 Å². The Balaban J connectivity index is 2.25. The molecule has 2 rings (SSSR count). The normalized spacial score (nSPS) is 21.3. The topological polar surface area (TPSA) is 12.0 Å². The Hall–Kier alpha value is -1.26. The summed E-state index contributed by atoms with van der Waals surface area (Å²) >= 11 is 0. The summed E-state index contributed by atoms with van der Waals surface area (Å²) in [6.07, 6.45) is 6.58. The van der Waals surface area contributed by atoms with E-state index in [9.17, 15) is 0 Å². The van der Waals surface area contributed by atoms with Crippen molar-refractivity contribution in [3.63, 3.8) is 0 Å². The maximum absolute atomic E-state index is 5.35. The Labute approximate surface area is 79.2 Å². The second kappa shape index (κ2) is 3.64. The molecule has 13 heavy (non-hydrogen) atoms. The lowest BCUT2D eigenvalue weighted by Crippen LogP contribution is -2.07. The van der Waals surface area contributed by atoms with Gasteiger partial charge in [0.1, 0.15) is 0 Å². The van der Waals surface area contributed by atoms with Gasteiger partial charge in [-0.1, -0.05) is 18.1 Å². The third-order valence-corrected chi connectivity index (χ3v) is 2.59. The zero-order valence-corrected chi connectivity index (χ0v) is 7.59. The summed E-state index contributed by atoms with van der Waals surface area (Å²) in [5.41, 5.74) is 2.37. The number of nitrogens with one attached hydrogen (secondary N) is 1. The molecule has 0 amide bonds. The molecule has 1 heterocycles. The van der Waals surface area contributed by atoms with Crippen molar-refractivity contribution < 1.29 is 0 Å². The molecular weight excluding hydrogens is 158 g/mol. The molecule has 0 aliphatic carbocycles. The molecule has 1 N–H and O–H groups in total. The van der Waals surface area contributed by atoms with Crippen molar-refractivity contribution in [2.24, 2.45) is 0 Å². The SMILES string of the molecule is C#Cc1cccc(C2CCNC2)c1. The Morgan fingerprint density at radius 3 is 3.08 bits per heavy atom. The molecule has 1 aromatic rings. The van der Waals surface area contributed by atoms with Gasteiger partial charge in [-0.25, -0.2) is 0 Å². The van der Waals surface area contributed by atoms with Crippen LogP contribution in [0.2, 0.25) is 0 Å². The van der Waals surface area contributed by atoms with E-state index < -0.39 is 0 Å². The molecule has 0 spiro atoms. The van der Waals surface area contributed by atoms with E-state index in [1.54, 1.807) is 0 Å². The van der Waals surface area contributed by atoms with Gasteiger partial charge in [0.2, 0.25) is 0 Å². The van der Waals surface area contributed by atoms with Gasteiger partial charge in [-0.3, -0.25) is 0 Å². The molecule has 0 aromatic heterocycles. The van der Waals surface area contributed by atoms with E-state index in [4.69, 9.17) is 6.42 Å². The van der Waals surface area contributed by atoms with E-state index in [1.165, 1.54) is 12.0 Å².